The molecule has 0 saturated carbocycles. The topological polar surface area (TPSA) is 104 Å². The average Bonchev–Trinajstić information content (AvgIpc) is 2.68. The van der Waals surface area contributed by atoms with E-state index in [1.165, 1.54) is 30.5 Å². The Hall–Kier alpha value is -1.54. The van der Waals surface area contributed by atoms with Gasteiger partial charge in [-0.3, -0.25) is 9.59 Å². The van der Waals surface area contributed by atoms with Crippen LogP contribution in [0.1, 0.15) is 20.3 Å². The normalized spacial score (nSPS) is 25.5. The molecule has 1 fully saturated rings. The van der Waals surface area contributed by atoms with Crippen LogP contribution in [0.15, 0.2) is 10.6 Å². The molecule has 1 amide bonds. The van der Waals surface area contributed by atoms with E-state index in [0.717, 1.165) is 0 Å². The number of nitrogens with zero attached hydrogens (tertiary/aromatic N) is 1. The minimum absolute atomic E-state index is 0.00488. The Morgan fingerprint density at radius 3 is 2.71 bits per heavy atom. The number of carbonyl (C=O) groups excluding carboxylic acids is 2. The lowest BCUT2D eigenvalue weighted by atomic mass is 9.83. The molecule has 0 radical (unpaired) electrons. The first-order valence-corrected chi connectivity index (χ1v) is 7.57. The number of thioether (sulfide) groups is 1. The number of aliphatic hydroxyl groups excluding tert-OH is 1. The van der Waals surface area contributed by atoms with Crippen LogP contribution in [0.4, 0.5) is 0 Å². The summed E-state index contributed by atoms with van der Waals surface area (Å²) in [6, 6.07) is -0.278. The van der Waals surface area contributed by atoms with Gasteiger partial charge in [-0.15, -0.1) is 11.8 Å². The molecule has 7 nitrogen and oxygen atoms in total. The summed E-state index contributed by atoms with van der Waals surface area (Å²) in [5.41, 5.74) is -0.00488. The molecule has 1 saturated heterocycles. The second kappa shape index (κ2) is 6.07. The maximum absolute atomic E-state index is 12.0. The second-order valence-electron chi connectivity index (χ2n) is 5.01. The van der Waals surface area contributed by atoms with E-state index in [9.17, 15) is 24.6 Å². The Morgan fingerprint density at radius 2 is 2.19 bits per heavy atom. The van der Waals surface area contributed by atoms with E-state index < -0.39 is 18.0 Å². The maximum Gasteiger partial charge on any atom is 0.353 e. The first-order chi connectivity index (χ1) is 9.84. The van der Waals surface area contributed by atoms with Gasteiger partial charge in [0.25, 0.3) is 0 Å². The number of amides is 1. The summed E-state index contributed by atoms with van der Waals surface area (Å²) < 4.78 is 4.80. The minimum atomic E-state index is -1.15. The lowest BCUT2D eigenvalue weighted by Gasteiger charge is -2.44. The van der Waals surface area contributed by atoms with Crippen LogP contribution in [0, 0.1) is 5.92 Å². The molecule has 8 heteroatoms. The highest BCUT2D eigenvalue weighted by atomic mass is 32.2. The number of fused-ring (bicyclic) bond motifs is 1. The van der Waals surface area contributed by atoms with Crippen LogP contribution in [0.2, 0.25) is 0 Å². The Morgan fingerprint density at radius 1 is 1.52 bits per heavy atom. The van der Waals surface area contributed by atoms with Gasteiger partial charge in [0.05, 0.1) is 18.1 Å². The van der Waals surface area contributed by atoms with Crippen molar-refractivity contribution in [2.75, 3.05) is 12.4 Å². The van der Waals surface area contributed by atoms with Crippen molar-refractivity contribution in [1.82, 2.24) is 4.90 Å². The van der Waals surface area contributed by atoms with Gasteiger partial charge in [0, 0.05) is 24.0 Å². The third-order valence-corrected chi connectivity index (χ3v) is 4.63. The highest BCUT2D eigenvalue weighted by Gasteiger charge is 2.56. The highest BCUT2D eigenvalue weighted by molar-refractivity contribution is 8.03. The number of carboxylic acids is 1. The van der Waals surface area contributed by atoms with Crippen LogP contribution >= 0.6 is 11.8 Å². The Bertz CT molecular complexity index is 515. The van der Waals surface area contributed by atoms with Gasteiger partial charge in [-0.1, -0.05) is 0 Å². The quantitative estimate of drug-likeness (QED) is 0.409. The molecule has 2 N–H and O–H groups in total. The zero-order valence-corrected chi connectivity index (χ0v) is 12.6. The molecule has 2 rings (SSSR count). The van der Waals surface area contributed by atoms with Crippen LogP contribution in [0.25, 0.3) is 0 Å². The van der Waals surface area contributed by atoms with E-state index in [1.807, 2.05) is 0 Å². The molecule has 3 unspecified atom stereocenters. The highest BCUT2D eigenvalue weighted by Crippen LogP contribution is 2.46. The van der Waals surface area contributed by atoms with Crippen LogP contribution in [0.3, 0.4) is 0 Å². The molecule has 0 bridgehead atoms. The van der Waals surface area contributed by atoms with Crippen molar-refractivity contribution >= 4 is 29.6 Å². The van der Waals surface area contributed by atoms with E-state index in [1.54, 1.807) is 0 Å². The summed E-state index contributed by atoms with van der Waals surface area (Å²) in [6.45, 7) is 3.03. The summed E-state index contributed by atoms with van der Waals surface area (Å²) in [4.78, 5) is 35.8. The molecular formula is C13H17NO6S. The molecule has 0 aromatic rings. The number of esters is 1. The Kier molecular flexibility index (Phi) is 4.58. The van der Waals surface area contributed by atoms with Crippen molar-refractivity contribution in [3.63, 3.8) is 0 Å². The van der Waals surface area contributed by atoms with E-state index in [-0.39, 0.29) is 30.2 Å². The Balaban J connectivity index is 2.04. The van der Waals surface area contributed by atoms with Gasteiger partial charge < -0.3 is 19.8 Å². The van der Waals surface area contributed by atoms with Gasteiger partial charge in [-0.2, -0.15) is 0 Å². The molecule has 0 aromatic heterocycles. The van der Waals surface area contributed by atoms with E-state index in [4.69, 9.17) is 4.74 Å². The fourth-order valence-corrected chi connectivity index (χ4v) is 3.73. The van der Waals surface area contributed by atoms with Crippen LogP contribution in [-0.2, 0) is 19.1 Å². The minimum Gasteiger partial charge on any atom is -0.477 e. The van der Waals surface area contributed by atoms with Gasteiger partial charge >= 0.3 is 11.9 Å². The van der Waals surface area contributed by atoms with E-state index >= 15 is 0 Å². The van der Waals surface area contributed by atoms with Crippen molar-refractivity contribution in [3.8, 4) is 0 Å². The zero-order valence-electron chi connectivity index (χ0n) is 11.7. The molecule has 0 aromatic carbocycles. The second-order valence-corrected chi connectivity index (χ2v) is 6.20. The lowest BCUT2D eigenvalue weighted by Crippen LogP contribution is -2.61. The SMILES string of the molecule is CC(=O)OCCSC1=C(C(=O)O)N2C(=O)C(C(C)O)C2C1. The number of hydrogen-bond acceptors (Lipinski definition) is 6. The van der Waals surface area contributed by atoms with Crippen molar-refractivity contribution < 1.29 is 29.3 Å². The van der Waals surface area contributed by atoms with Crippen molar-refractivity contribution in [1.29, 1.82) is 0 Å². The lowest BCUT2D eigenvalue weighted by molar-refractivity contribution is -0.161. The smallest absolute Gasteiger partial charge is 0.353 e. The molecule has 116 valence electrons. The van der Waals surface area contributed by atoms with Crippen molar-refractivity contribution in [2.45, 2.75) is 32.4 Å². The maximum atomic E-state index is 12.0. The van der Waals surface area contributed by atoms with E-state index in [0.29, 0.717) is 17.1 Å². The molecule has 0 spiro atoms. The summed E-state index contributed by atoms with van der Waals surface area (Å²) in [6.07, 6.45) is -0.368. The fourth-order valence-electron chi connectivity index (χ4n) is 2.71. The predicted octanol–water partition coefficient (Wildman–Crippen LogP) is 0.190. The number of carboxylic acid groups (broad SMARTS) is 1. The molecular weight excluding hydrogens is 298 g/mol. The van der Waals surface area contributed by atoms with E-state index in [2.05, 4.69) is 0 Å². The van der Waals surface area contributed by atoms with Crippen LogP contribution < -0.4 is 0 Å². The third-order valence-electron chi connectivity index (χ3n) is 3.56. The van der Waals surface area contributed by atoms with Gasteiger partial charge in [0.2, 0.25) is 5.91 Å². The number of ether oxygens (including phenoxy) is 1. The first kappa shape index (κ1) is 15.8. The summed E-state index contributed by atoms with van der Waals surface area (Å²) >= 11 is 1.27. The number of aliphatic carboxylic acids is 1. The van der Waals surface area contributed by atoms with Crippen LogP contribution in [-0.4, -0.2) is 57.5 Å². The van der Waals surface area contributed by atoms with Gasteiger partial charge in [-0.25, -0.2) is 4.79 Å². The number of aliphatic hydroxyl groups is 1. The zero-order chi connectivity index (χ0) is 15.7. The van der Waals surface area contributed by atoms with Crippen LogP contribution in [0.5, 0.6) is 0 Å². The van der Waals surface area contributed by atoms with Gasteiger partial charge in [-0.05, 0) is 6.92 Å². The predicted molar refractivity (Wildman–Crippen MR) is 74.2 cm³/mol. The summed E-state index contributed by atoms with van der Waals surface area (Å²) in [5.74, 6) is -1.99. The van der Waals surface area contributed by atoms with Crippen molar-refractivity contribution in [3.05, 3.63) is 10.6 Å². The van der Waals surface area contributed by atoms with Gasteiger partial charge in [0.1, 0.15) is 12.3 Å². The number of rotatable bonds is 6. The third kappa shape index (κ3) is 2.91. The molecule has 0 aliphatic carbocycles. The first-order valence-electron chi connectivity index (χ1n) is 6.58. The average molecular weight is 315 g/mol. The van der Waals surface area contributed by atoms with Gasteiger partial charge in [0.15, 0.2) is 0 Å². The summed E-state index contributed by atoms with van der Waals surface area (Å²) in [7, 11) is 0. The number of β-lactam (4-membered cyclic amide) rings is 1. The Labute approximate surface area is 125 Å². The molecule has 2 aliphatic rings. The monoisotopic (exact) mass is 315 g/mol. The number of carbonyl (C=O) groups is 3. The molecule has 21 heavy (non-hydrogen) atoms. The summed E-state index contributed by atoms with van der Waals surface area (Å²) in [5, 5.41) is 18.9. The van der Waals surface area contributed by atoms with Crippen molar-refractivity contribution in [2.24, 2.45) is 5.92 Å². The largest absolute Gasteiger partial charge is 0.477 e. The standard InChI is InChI=1S/C13H17NO6S/c1-6(15)10-8-5-9(21-4-3-20-7(2)16)11(13(18)19)14(8)12(10)17/h6,8,10,15H,3-5H2,1-2H3,(H,18,19). The number of hydrogen-bond donors (Lipinski definition) is 2. The fraction of sp³-hybridized carbons (Fsp3) is 0.615. The molecule has 2 aliphatic heterocycles. The molecule has 3 atom stereocenters. The molecule has 2 heterocycles.